The number of esters is 1. The Morgan fingerprint density at radius 1 is 1.31 bits per heavy atom. The van der Waals surface area contributed by atoms with E-state index >= 15 is 0 Å². The minimum absolute atomic E-state index is 0.0849. The van der Waals surface area contributed by atoms with Crippen LogP contribution in [0.5, 0.6) is 0 Å². The molecule has 6 heteroatoms. The molecule has 5 nitrogen and oxygen atoms in total. The first-order valence-electron chi connectivity index (χ1n) is 8.70. The van der Waals surface area contributed by atoms with E-state index in [-0.39, 0.29) is 24.1 Å². The predicted molar refractivity (Wildman–Crippen MR) is 93.9 cm³/mol. The number of ether oxygens (including phenoxy) is 2. The molecule has 3 rings (SSSR count). The Hall–Kier alpha value is -2.47. The summed E-state index contributed by atoms with van der Waals surface area (Å²) in [5.41, 5.74) is 2.43. The fourth-order valence-corrected chi connectivity index (χ4v) is 3.26. The summed E-state index contributed by atoms with van der Waals surface area (Å²) in [4.78, 5) is 24.4. The van der Waals surface area contributed by atoms with E-state index in [1.54, 1.807) is 0 Å². The zero-order valence-electron chi connectivity index (χ0n) is 15.0. The number of nitrogens with zero attached hydrogens (tertiary/aromatic N) is 1. The molecule has 0 amide bonds. The molecule has 0 saturated carbocycles. The van der Waals surface area contributed by atoms with Gasteiger partial charge >= 0.3 is 5.97 Å². The lowest BCUT2D eigenvalue weighted by Crippen LogP contribution is -2.18. The minimum atomic E-state index is -0.717. The maximum Gasteiger partial charge on any atom is 0.338 e. The molecule has 0 aliphatic carbocycles. The number of hydrogen-bond donors (Lipinski definition) is 0. The van der Waals surface area contributed by atoms with E-state index in [0.717, 1.165) is 36.9 Å². The molecule has 2 heterocycles. The summed E-state index contributed by atoms with van der Waals surface area (Å²) in [7, 11) is 0. The zero-order valence-corrected chi connectivity index (χ0v) is 15.0. The summed E-state index contributed by atoms with van der Waals surface area (Å²) in [6, 6.07) is 7.00. The van der Waals surface area contributed by atoms with Gasteiger partial charge in [-0.15, -0.1) is 0 Å². The number of hydrogen-bond acceptors (Lipinski definition) is 4. The average Bonchev–Trinajstić information content (AvgIpc) is 3.23. The van der Waals surface area contributed by atoms with Gasteiger partial charge in [0, 0.05) is 30.1 Å². The van der Waals surface area contributed by atoms with Crippen molar-refractivity contribution in [3.8, 4) is 0 Å². The van der Waals surface area contributed by atoms with E-state index < -0.39 is 11.8 Å². The average molecular weight is 359 g/mol. The SMILES string of the molecule is Cc1cc(C(=O)COC(=O)c2cccc(F)c2)c(C)n1C[C@@H]1CCCO1. The Balaban J connectivity index is 1.65. The van der Waals surface area contributed by atoms with Gasteiger partial charge < -0.3 is 14.0 Å². The summed E-state index contributed by atoms with van der Waals surface area (Å²) in [6.45, 7) is 4.94. The summed E-state index contributed by atoms with van der Waals surface area (Å²) >= 11 is 0. The van der Waals surface area contributed by atoms with Crippen LogP contribution < -0.4 is 0 Å². The van der Waals surface area contributed by atoms with Crippen LogP contribution in [-0.2, 0) is 16.0 Å². The zero-order chi connectivity index (χ0) is 18.7. The lowest BCUT2D eigenvalue weighted by Gasteiger charge is -2.14. The Bertz CT molecular complexity index is 821. The van der Waals surface area contributed by atoms with Gasteiger partial charge in [-0.05, 0) is 51.0 Å². The van der Waals surface area contributed by atoms with Crippen molar-refractivity contribution in [2.24, 2.45) is 0 Å². The molecule has 1 aromatic heterocycles. The van der Waals surface area contributed by atoms with Crippen LogP contribution in [0.1, 0.15) is 44.9 Å². The molecule has 26 heavy (non-hydrogen) atoms. The number of ketones is 1. The van der Waals surface area contributed by atoms with Crippen LogP contribution in [0.4, 0.5) is 4.39 Å². The predicted octanol–water partition coefficient (Wildman–Crippen LogP) is 3.46. The monoisotopic (exact) mass is 359 g/mol. The van der Waals surface area contributed by atoms with Crippen LogP contribution in [0.15, 0.2) is 30.3 Å². The largest absolute Gasteiger partial charge is 0.454 e. The van der Waals surface area contributed by atoms with Crippen molar-refractivity contribution in [3.05, 3.63) is 58.7 Å². The van der Waals surface area contributed by atoms with Gasteiger partial charge in [0.25, 0.3) is 0 Å². The van der Waals surface area contributed by atoms with Gasteiger partial charge in [-0.1, -0.05) is 6.07 Å². The van der Waals surface area contributed by atoms with Crippen molar-refractivity contribution >= 4 is 11.8 Å². The fraction of sp³-hybridized carbons (Fsp3) is 0.400. The van der Waals surface area contributed by atoms with E-state index in [1.165, 1.54) is 18.2 Å². The third-order valence-corrected chi connectivity index (χ3v) is 4.68. The molecule has 0 bridgehead atoms. The maximum absolute atomic E-state index is 13.2. The Morgan fingerprint density at radius 2 is 2.12 bits per heavy atom. The molecule has 1 atom stereocenters. The molecular formula is C20H22FNO4. The van der Waals surface area contributed by atoms with Crippen molar-refractivity contribution in [3.63, 3.8) is 0 Å². The molecule has 0 spiro atoms. The number of carbonyl (C=O) groups excluding carboxylic acids is 2. The molecule has 1 aliphatic heterocycles. The van der Waals surface area contributed by atoms with E-state index in [9.17, 15) is 14.0 Å². The van der Waals surface area contributed by atoms with Crippen LogP contribution in [0, 0.1) is 19.7 Å². The molecule has 1 aromatic carbocycles. The molecule has 1 aliphatic rings. The highest BCUT2D eigenvalue weighted by Gasteiger charge is 2.22. The summed E-state index contributed by atoms with van der Waals surface area (Å²) < 4.78 is 26.0. The van der Waals surface area contributed by atoms with Crippen molar-refractivity contribution in [2.45, 2.75) is 39.3 Å². The van der Waals surface area contributed by atoms with Crippen LogP contribution in [0.3, 0.4) is 0 Å². The molecule has 2 aromatic rings. The van der Waals surface area contributed by atoms with E-state index in [2.05, 4.69) is 4.57 Å². The highest BCUT2D eigenvalue weighted by Crippen LogP contribution is 2.21. The van der Waals surface area contributed by atoms with Crippen molar-refractivity contribution in [1.29, 1.82) is 0 Å². The van der Waals surface area contributed by atoms with E-state index in [1.807, 2.05) is 19.9 Å². The molecule has 1 fully saturated rings. The molecule has 138 valence electrons. The van der Waals surface area contributed by atoms with Crippen molar-refractivity contribution in [1.82, 2.24) is 4.57 Å². The van der Waals surface area contributed by atoms with Crippen LogP contribution in [-0.4, -0.2) is 35.6 Å². The van der Waals surface area contributed by atoms with Gasteiger partial charge in [0.1, 0.15) is 5.82 Å². The van der Waals surface area contributed by atoms with Gasteiger partial charge in [0.15, 0.2) is 6.61 Å². The number of rotatable bonds is 6. The van der Waals surface area contributed by atoms with Crippen LogP contribution >= 0.6 is 0 Å². The fourth-order valence-electron chi connectivity index (χ4n) is 3.26. The first kappa shape index (κ1) is 18.3. The Labute approximate surface area is 151 Å². The standard InChI is InChI=1S/C20H22FNO4/c1-13-9-18(14(2)22(13)11-17-7-4-8-25-17)19(23)12-26-20(24)15-5-3-6-16(21)10-15/h3,5-6,9-10,17H,4,7-8,11-12H2,1-2H3/t17-/m0/s1. The van der Waals surface area contributed by atoms with E-state index in [4.69, 9.17) is 9.47 Å². The van der Waals surface area contributed by atoms with E-state index in [0.29, 0.717) is 12.1 Å². The van der Waals surface area contributed by atoms with Gasteiger partial charge in [-0.2, -0.15) is 0 Å². The molecule has 0 unspecified atom stereocenters. The van der Waals surface area contributed by atoms with Crippen LogP contribution in [0.2, 0.25) is 0 Å². The van der Waals surface area contributed by atoms with Crippen LogP contribution in [0.25, 0.3) is 0 Å². The summed E-state index contributed by atoms with van der Waals surface area (Å²) in [5.74, 6) is -1.52. The molecular weight excluding hydrogens is 337 g/mol. The maximum atomic E-state index is 13.2. The number of Topliss-reactive ketones (excluding diaryl/α,β-unsaturated/α-hetero) is 1. The normalized spacial score (nSPS) is 16.7. The van der Waals surface area contributed by atoms with Crippen molar-refractivity contribution < 1.29 is 23.5 Å². The molecule has 1 saturated heterocycles. The van der Waals surface area contributed by atoms with Gasteiger partial charge in [-0.25, -0.2) is 9.18 Å². The topological polar surface area (TPSA) is 57.5 Å². The number of carbonyl (C=O) groups is 2. The number of aryl methyl sites for hydroxylation is 1. The van der Waals surface area contributed by atoms with Crippen molar-refractivity contribution in [2.75, 3.05) is 13.2 Å². The lowest BCUT2D eigenvalue weighted by atomic mass is 10.1. The number of benzene rings is 1. The van der Waals surface area contributed by atoms with Gasteiger partial charge in [0.2, 0.25) is 5.78 Å². The lowest BCUT2D eigenvalue weighted by molar-refractivity contribution is 0.0474. The Kier molecular flexibility index (Phi) is 5.52. The highest BCUT2D eigenvalue weighted by molar-refractivity contribution is 6.00. The highest BCUT2D eigenvalue weighted by atomic mass is 19.1. The Morgan fingerprint density at radius 3 is 2.81 bits per heavy atom. The second-order valence-electron chi connectivity index (χ2n) is 6.54. The number of halogens is 1. The third-order valence-electron chi connectivity index (χ3n) is 4.68. The quantitative estimate of drug-likeness (QED) is 0.585. The molecule has 0 N–H and O–H groups in total. The summed E-state index contributed by atoms with van der Waals surface area (Å²) in [6.07, 6.45) is 2.26. The van der Waals surface area contributed by atoms with Gasteiger partial charge in [0.05, 0.1) is 11.7 Å². The minimum Gasteiger partial charge on any atom is -0.454 e. The van der Waals surface area contributed by atoms with Gasteiger partial charge in [-0.3, -0.25) is 4.79 Å². The first-order valence-corrected chi connectivity index (χ1v) is 8.70. The first-order chi connectivity index (χ1) is 12.5. The molecule has 0 radical (unpaired) electrons. The summed E-state index contributed by atoms with van der Waals surface area (Å²) in [5, 5.41) is 0. The third kappa shape index (κ3) is 4.02. The number of aromatic nitrogens is 1. The second-order valence-corrected chi connectivity index (χ2v) is 6.54. The second kappa shape index (κ2) is 7.83. The smallest absolute Gasteiger partial charge is 0.338 e.